The summed E-state index contributed by atoms with van der Waals surface area (Å²) in [6.07, 6.45) is 4.83. The highest BCUT2D eigenvalue weighted by Crippen LogP contribution is 2.38. The van der Waals surface area contributed by atoms with Crippen LogP contribution in [-0.2, 0) is 9.59 Å². The van der Waals surface area contributed by atoms with Crippen molar-refractivity contribution in [1.82, 2.24) is 20.3 Å². The Kier molecular flexibility index (Phi) is 4.78. The van der Waals surface area contributed by atoms with Crippen molar-refractivity contribution >= 4 is 52.3 Å². The Balaban J connectivity index is 1.55. The van der Waals surface area contributed by atoms with Gasteiger partial charge in [-0.1, -0.05) is 0 Å². The highest BCUT2D eigenvalue weighted by atomic mass is 16.2. The first-order valence-corrected chi connectivity index (χ1v) is 10.2. The lowest BCUT2D eigenvalue weighted by atomic mass is 10.0. The number of aromatic nitrogens is 3. The zero-order chi connectivity index (χ0) is 22.2. The van der Waals surface area contributed by atoms with Crippen molar-refractivity contribution in [3.8, 4) is 6.07 Å². The van der Waals surface area contributed by atoms with E-state index in [-0.39, 0.29) is 17.7 Å². The van der Waals surface area contributed by atoms with Gasteiger partial charge < -0.3 is 20.1 Å². The summed E-state index contributed by atoms with van der Waals surface area (Å²) in [6, 6.07) is 7.94. The summed E-state index contributed by atoms with van der Waals surface area (Å²) >= 11 is 0. The highest BCUT2D eigenvalue weighted by molar-refractivity contribution is 6.14. The molecule has 3 aromatic rings. The molecule has 0 bridgehead atoms. The Morgan fingerprint density at radius 2 is 2.22 bits per heavy atom. The largest absolute Gasteiger partial charge is 0.355 e. The molecule has 10 nitrogen and oxygen atoms in total. The van der Waals surface area contributed by atoms with Crippen LogP contribution in [0.25, 0.3) is 10.9 Å². The molecule has 0 unspecified atom stereocenters. The van der Waals surface area contributed by atoms with Crippen LogP contribution in [-0.4, -0.2) is 60.0 Å². The summed E-state index contributed by atoms with van der Waals surface area (Å²) in [5.74, 6) is 1.59. The first-order chi connectivity index (χ1) is 15.6. The van der Waals surface area contributed by atoms with Gasteiger partial charge in [-0.25, -0.2) is 15.0 Å². The average Bonchev–Trinajstić information content (AvgIpc) is 3.52. The van der Waals surface area contributed by atoms with Crippen LogP contribution in [0.5, 0.6) is 0 Å². The standard InChI is InChI=1S/C22H20N8O2/c1-29(19-13(7-23)8-25-20(19)24-4-5-31)15-2-3-18-16(6-15)21(28-12-27-18)30-10-14-9-26-22(32)17(14)11-30/h2-6,8,12,14,17,25H,9-11H2,1H3,(H,26,32)/b24-4-/t14-,17+/m0/s1. The summed E-state index contributed by atoms with van der Waals surface area (Å²) in [5.41, 5.74) is 2.58. The average molecular weight is 428 g/mol. The Morgan fingerprint density at radius 3 is 3.00 bits per heavy atom. The van der Waals surface area contributed by atoms with Gasteiger partial charge in [-0.2, -0.15) is 5.26 Å². The summed E-state index contributed by atoms with van der Waals surface area (Å²) in [5, 5.41) is 13.3. The predicted octanol–water partition coefficient (Wildman–Crippen LogP) is 1.68. The summed E-state index contributed by atoms with van der Waals surface area (Å²) in [4.78, 5) is 42.8. The van der Waals surface area contributed by atoms with Crippen molar-refractivity contribution in [2.24, 2.45) is 16.8 Å². The third-order valence-corrected chi connectivity index (χ3v) is 6.15. The molecule has 1 amide bonds. The molecule has 160 valence electrons. The van der Waals surface area contributed by atoms with E-state index in [0.29, 0.717) is 36.4 Å². The summed E-state index contributed by atoms with van der Waals surface area (Å²) < 4.78 is 0. The number of benzene rings is 1. The number of hydrogen-bond donors (Lipinski definition) is 2. The number of H-pyrrole nitrogens is 1. The Bertz CT molecular complexity index is 1290. The fourth-order valence-electron chi connectivity index (χ4n) is 4.56. The van der Waals surface area contributed by atoms with Crippen LogP contribution in [0.3, 0.4) is 0 Å². The second kappa shape index (κ2) is 7.77. The van der Waals surface area contributed by atoms with Crippen LogP contribution in [0.15, 0.2) is 35.7 Å². The van der Waals surface area contributed by atoms with Crippen molar-refractivity contribution in [3.05, 3.63) is 36.3 Å². The van der Waals surface area contributed by atoms with E-state index in [9.17, 15) is 14.9 Å². The molecule has 5 rings (SSSR count). The van der Waals surface area contributed by atoms with Crippen molar-refractivity contribution in [2.75, 3.05) is 36.5 Å². The number of hydrogen-bond acceptors (Lipinski definition) is 8. The SMILES string of the molecule is CN(c1ccc2ncnc(N3C[C@@H]4CNC(=O)[C@@H]4C3)c2c1)c1c(C#N)c[nH]c1/N=C\C=O. The molecule has 1 aromatic carbocycles. The molecule has 2 atom stereocenters. The Morgan fingerprint density at radius 1 is 1.34 bits per heavy atom. The van der Waals surface area contributed by atoms with E-state index in [0.717, 1.165) is 35.2 Å². The molecule has 4 heterocycles. The zero-order valence-electron chi connectivity index (χ0n) is 17.3. The number of aldehydes is 1. The van der Waals surface area contributed by atoms with Crippen LogP contribution in [0.1, 0.15) is 5.56 Å². The van der Waals surface area contributed by atoms with E-state index in [2.05, 4.69) is 36.2 Å². The van der Waals surface area contributed by atoms with Crippen LogP contribution < -0.4 is 15.1 Å². The minimum Gasteiger partial charge on any atom is -0.355 e. The van der Waals surface area contributed by atoms with Crippen LogP contribution >= 0.6 is 0 Å². The number of nitrogens with one attached hydrogen (secondary N) is 2. The van der Waals surface area contributed by atoms with Crippen LogP contribution in [0.2, 0.25) is 0 Å². The zero-order valence-corrected chi connectivity index (χ0v) is 17.3. The molecule has 2 saturated heterocycles. The molecule has 2 aliphatic heterocycles. The van der Waals surface area contributed by atoms with Gasteiger partial charge in [0.15, 0.2) is 12.1 Å². The number of carbonyl (C=O) groups is 2. The number of carbonyl (C=O) groups excluding carboxylic acids is 2. The minimum absolute atomic E-state index is 0.0119. The third kappa shape index (κ3) is 3.15. The quantitative estimate of drug-likeness (QED) is 0.467. The van der Waals surface area contributed by atoms with E-state index in [1.165, 1.54) is 0 Å². The number of fused-ring (bicyclic) bond motifs is 2. The van der Waals surface area contributed by atoms with Gasteiger partial charge in [0, 0.05) is 49.9 Å². The topological polar surface area (TPSA) is 130 Å². The number of aliphatic imine (C=N–C) groups is 1. The lowest BCUT2D eigenvalue weighted by molar-refractivity contribution is -0.122. The molecule has 32 heavy (non-hydrogen) atoms. The predicted molar refractivity (Wildman–Crippen MR) is 120 cm³/mol. The van der Waals surface area contributed by atoms with Gasteiger partial charge in [0.2, 0.25) is 5.91 Å². The van der Waals surface area contributed by atoms with Gasteiger partial charge in [-0.3, -0.25) is 9.59 Å². The lowest BCUT2D eigenvalue weighted by Gasteiger charge is -2.22. The van der Waals surface area contributed by atoms with Gasteiger partial charge in [-0.05, 0) is 18.2 Å². The highest BCUT2D eigenvalue weighted by Gasteiger charge is 2.42. The van der Waals surface area contributed by atoms with E-state index in [1.54, 1.807) is 12.5 Å². The van der Waals surface area contributed by atoms with E-state index in [1.807, 2.05) is 30.1 Å². The molecule has 2 aliphatic rings. The second-order valence-corrected chi connectivity index (χ2v) is 7.90. The minimum atomic E-state index is -0.0119. The maximum atomic E-state index is 12.1. The number of anilines is 3. The first kappa shape index (κ1) is 19.7. The molecule has 2 aromatic heterocycles. The fourth-order valence-corrected chi connectivity index (χ4v) is 4.56. The fraction of sp³-hybridized carbons (Fsp3) is 0.273. The lowest BCUT2D eigenvalue weighted by Crippen LogP contribution is -2.29. The first-order valence-electron chi connectivity index (χ1n) is 10.2. The smallest absolute Gasteiger partial charge is 0.225 e. The van der Waals surface area contributed by atoms with E-state index >= 15 is 0 Å². The van der Waals surface area contributed by atoms with Gasteiger partial charge in [0.25, 0.3) is 0 Å². The van der Waals surface area contributed by atoms with Crippen molar-refractivity contribution in [2.45, 2.75) is 0 Å². The summed E-state index contributed by atoms with van der Waals surface area (Å²) in [6.45, 7) is 2.09. The normalized spacial score (nSPS) is 19.9. The van der Waals surface area contributed by atoms with Crippen molar-refractivity contribution < 1.29 is 9.59 Å². The van der Waals surface area contributed by atoms with E-state index in [4.69, 9.17) is 0 Å². The molecule has 0 radical (unpaired) electrons. The molecule has 2 N–H and O–H groups in total. The maximum absolute atomic E-state index is 12.1. The Labute approximate surface area is 183 Å². The molecule has 2 fully saturated rings. The van der Waals surface area contributed by atoms with Crippen LogP contribution in [0, 0.1) is 23.2 Å². The second-order valence-electron chi connectivity index (χ2n) is 7.90. The van der Waals surface area contributed by atoms with Crippen molar-refractivity contribution in [3.63, 3.8) is 0 Å². The molecule has 0 aliphatic carbocycles. The molecule has 0 saturated carbocycles. The van der Waals surface area contributed by atoms with Gasteiger partial charge >= 0.3 is 0 Å². The van der Waals surface area contributed by atoms with E-state index < -0.39 is 0 Å². The molecular weight excluding hydrogens is 408 g/mol. The summed E-state index contributed by atoms with van der Waals surface area (Å²) in [7, 11) is 1.83. The maximum Gasteiger partial charge on any atom is 0.225 e. The number of aromatic amines is 1. The molecular formula is C22H20N8O2. The van der Waals surface area contributed by atoms with Gasteiger partial charge in [0.1, 0.15) is 23.9 Å². The number of nitrogens with zero attached hydrogens (tertiary/aromatic N) is 6. The Hall–Kier alpha value is -4.26. The van der Waals surface area contributed by atoms with Crippen LogP contribution in [0.4, 0.5) is 23.0 Å². The van der Waals surface area contributed by atoms with Crippen molar-refractivity contribution in [1.29, 1.82) is 5.26 Å². The molecule has 10 heteroatoms. The van der Waals surface area contributed by atoms with Gasteiger partial charge in [0.05, 0.1) is 23.2 Å². The molecule has 0 spiro atoms. The number of nitriles is 1. The number of amides is 1. The monoisotopic (exact) mass is 428 g/mol. The third-order valence-electron chi connectivity index (χ3n) is 6.15. The number of rotatable bonds is 5. The van der Waals surface area contributed by atoms with Gasteiger partial charge in [-0.15, -0.1) is 0 Å².